The first kappa shape index (κ1) is 14.0. The van der Waals surface area contributed by atoms with E-state index in [4.69, 9.17) is 9.84 Å². The third-order valence-corrected chi connectivity index (χ3v) is 2.11. The van der Waals surface area contributed by atoms with Crippen LogP contribution in [0, 0.1) is 12.7 Å². The summed E-state index contributed by atoms with van der Waals surface area (Å²) in [6.07, 6.45) is 0. The van der Waals surface area contributed by atoms with Gasteiger partial charge < -0.3 is 14.6 Å². The minimum Gasteiger partial charge on any atom is -0.481 e. The molecule has 0 atom stereocenters. The molecule has 0 fully saturated rings. The van der Waals surface area contributed by atoms with Gasteiger partial charge in [-0.3, -0.25) is 0 Å². The van der Waals surface area contributed by atoms with E-state index in [1.807, 2.05) is 0 Å². The van der Waals surface area contributed by atoms with Gasteiger partial charge in [0.15, 0.2) is 6.61 Å². The highest BCUT2D eigenvalue weighted by Crippen LogP contribution is 2.25. The van der Waals surface area contributed by atoms with Crippen molar-refractivity contribution in [2.24, 2.45) is 0 Å². The molecule has 0 aliphatic rings. The summed E-state index contributed by atoms with van der Waals surface area (Å²) in [6, 6.07) is 1.97. The molecule has 0 spiro atoms. The number of hydrogen-bond donors (Lipinski definition) is 1. The zero-order valence-electron chi connectivity index (χ0n) is 10.0. The van der Waals surface area contributed by atoms with Gasteiger partial charge in [0.05, 0.1) is 6.61 Å². The Labute approximate surface area is 103 Å². The Balaban J connectivity index is 2.93. The average molecular weight is 256 g/mol. The van der Waals surface area contributed by atoms with Crippen molar-refractivity contribution in [1.29, 1.82) is 0 Å². The van der Waals surface area contributed by atoms with Gasteiger partial charge in [-0.25, -0.2) is 14.0 Å². The number of aryl methyl sites for hydroxylation is 1. The number of aromatic carboxylic acids is 1. The molecule has 1 rings (SSSR count). The minimum absolute atomic E-state index is 0.0306. The molecular formula is C12H13FO5. The van der Waals surface area contributed by atoms with E-state index in [2.05, 4.69) is 4.74 Å². The number of ether oxygens (including phenoxy) is 2. The van der Waals surface area contributed by atoms with E-state index < -0.39 is 24.4 Å². The van der Waals surface area contributed by atoms with Crippen LogP contribution in [0.5, 0.6) is 5.75 Å². The van der Waals surface area contributed by atoms with Crippen molar-refractivity contribution in [2.45, 2.75) is 13.8 Å². The molecule has 6 heteroatoms. The van der Waals surface area contributed by atoms with E-state index in [1.54, 1.807) is 6.92 Å². The molecule has 98 valence electrons. The van der Waals surface area contributed by atoms with Gasteiger partial charge in [-0.05, 0) is 31.5 Å². The summed E-state index contributed by atoms with van der Waals surface area (Å²) in [5.41, 5.74) is -0.0199. The van der Waals surface area contributed by atoms with Crippen molar-refractivity contribution in [2.75, 3.05) is 13.2 Å². The standard InChI is InChI=1S/C12H13FO5/c1-3-17-10(14)6-18-11-7(2)4-8(13)5-9(11)12(15)16/h4-5H,3,6H2,1-2H3,(H,15,16). The van der Waals surface area contributed by atoms with E-state index in [0.717, 1.165) is 12.1 Å². The minimum atomic E-state index is -1.32. The SMILES string of the molecule is CCOC(=O)COc1c(C)cc(F)cc1C(=O)O. The van der Waals surface area contributed by atoms with E-state index in [0.29, 0.717) is 5.56 Å². The zero-order chi connectivity index (χ0) is 13.7. The smallest absolute Gasteiger partial charge is 0.344 e. The summed E-state index contributed by atoms with van der Waals surface area (Å²) in [5.74, 6) is -2.64. The van der Waals surface area contributed by atoms with E-state index in [1.165, 1.54) is 6.92 Å². The van der Waals surface area contributed by atoms with Crippen LogP contribution >= 0.6 is 0 Å². The van der Waals surface area contributed by atoms with Crippen molar-refractivity contribution < 1.29 is 28.6 Å². The number of carbonyl (C=O) groups is 2. The molecule has 1 aromatic carbocycles. The molecule has 0 heterocycles. The maximum absolute atomic E-state index is 13.1. The second kappa shape index (κ2) is 6.00. The fourth-order valence-corrected chi connectivity index (χ4v) is 1.41. The normalized spacial score (nSPS) is 9.94. The number of carbonyl (C=O) groups excluding carboxylic acids is 1. The zero-order valence-corrected chi connectivity index (χ0v) is 10.0. The van der Waals surface area contributed by atoms with Crippen molar-refractivity contribution in [3.63, 3.8) is 0 Å². The van der Waals surface area contributed by atoms with Gasteiger partial charge in [-0.15, -0.1) is 0 Å². The predicted octanol–water partition coefficient (Wildman–Crippen LogP) is 1.77. The average Bonchev–Trinajstić information content (AvgIpc) is 2.27. The molecule has 0 aromatic heterocycles. The highest BCUT2D eigenvalue weighted by molar-refractivity contribution is 5.91. The van der Waals surface area contributed by atoms with Crippen LogP contribution in [-0.4, -0.2) is 30.3 Å². The van der Waals surface area contributed by atoms with Gasteiger partial charge >= 0.3 is 11.9 Å². The van der Waals surface area contributed by atoms with Gasteiger partial charge in [-0.1, -0.05) is 0 Å². The molecule has 0 bridgehead atoms. The van der Waals surface area contributed by atoms with Crippen molar-refractivity contribution in [1.82, 2.24) is 0 Å². The second-order valence-electron chi connectivity index (χ2n) is 3.50. The maximum Gasteiger partial charge on any atom is 0.344 e. The Kier molecular flexibility index (Phi) is 4.65. The van der Waals surface area contributed by atoms with Crippen LogP contribution in [0.4, 0.5) is 4.39 Å². The van der Waals surface area contributed by atoms with Crippen molar-refractivity contribution >= 4 is 11.9 Å². The molecule has 18 heavy (non-hydrogen) atoms. The van der Waals surface area contributed by atoms with Crippen LogP contribution in [0.25, 0.3) is 0 Å². The molecule has 0 aliphatic heterocycles. The summed E-state index contributed by atoms with van der Waals surface area (Å²) in [5, 5.41) is 8.92. The molecule has 0 aliphatic carbocycles. The number of carboxylic acid groups (broad SMARTS) is 1. The maximum atomic E-state index is 13.1. The third kappa shape index (κ3) is 3.44. The van der Waals surface area contributed by atoms with Crippen LogP contribution in [-0.2, 0) is 9.53 Å². The summed E-state index contributed by atoms with van der Waals surface area (Å²) in [7, 11) is 0. The summed E-state index contributed by atoms with van der Waals surface area (Å²) < 4.78 is 22.8. The summed E-state index contributed by atoms with van der Waals surface area (Å²) >= 11 is 0. The molecule has 0 amide bonds. The number of rotatable bonds is 5. The quantitative estimate of drug-likeness (QED) is 0.813. The first-order valence-electron chi connectivity index (χ1n) is 5.27. The topological polar surface area (TPSA) is 72.8 Å². The lowest BCUT2D eigenvalue weighted by atomic mass is 10.1. The molecule has 1 aromatic rings. The van der Waals surface area contributed by atoms with Crippen LogP contribution in [0.1, 0.15) is 22.8 Å². The fourth-order valence-electron chi connectivity index (χ4n) is 1.41. The van der Waals surface area contributed by atoms with E-state index >= 15 is 0 Å². The lowest BCUT2D eigenvalue weighted by molar-refractivity contribution is -0.145. The van der Waals surface area contributed by atoms with Crippen molar-refractivity contribution in [3.05, 3.63) is 29.1 Å². The van der Waals surface area contributed by atoms with Gasteiger partial charge in [0.25, 0.3) is 0 Å². The fraction of sp³-hybridized carbons (Fsp3) is 0.333. The first-order valence-corrected chi connectivity index (χ1v) is 5.27. The summed E-state index contributed by atoms with van der Waals surface area (Å²) in [4.78, 5) is 22.0. The Bertz CT molecular complexity index is 470. The molecule has 0 saturated carbocycles. The number of hydrogen-bond acceptors (Lipinski definition) is 4. The van der Waals surface area contributed by atoms with Crippen LogP contribution in [0.3, 0.4) is 0 Å². The Hall–Kier alpha value is -2.11. The third-order valence-electron chi connectivity index (χ3n) is 2.11. The van der Waals surface area contributed by atoms with Gasteiger partial charge in [0.2, 0.25) is 0 Å². The van der Waals surface area contributed by atoms with Gasteiger partial charge in [0, 0.05) is 0 Å². The lowest BCUT2D eigenvalue weighted by Crippen LogP contribution is -2.16. The lowest BCUT2D eigenvalue weighted by Gasteiger charge is -2.11. The number of esters is 1. The highest BCUT2D eigenvalue weighted by atomic mass is 19.1. The Morgan fingerprint density at radius 1 is 1.39 bits per heavy atom. The van der Waals surface area contributed by atoms with Crippen molar-refractivity contribution in [3.8, 4) is 5.75 Å². The van der Waals surface area contributed by atoms with E-state index in [9.17, 15) is 14.0 Å². The monoisotopic (exact) mass is 256 g/mol. The first-order chi connectivity index (χ1) is 8.45. The van der Waals surface area contributed by atoms with Crippen LogP contribution in [0.2, 0.25) is 0 Å². The number of carboxylic acids is 1. The largest absolute Gasteiger partial charge is 0.481 e. The number of benzene rings is 1. The molecule has 0 saturated heterocycles. The van der Waals surface area contributed by atoms with Gasteiger partial charge in [-0.2, -0.15) is 0 Å². The Morgan fingerprint density at radius 3 is 2.61 bits per heavy atom. The Morgan fingerprint density at radius 2 is 2.06 bits per heavy atom. The second-order valence-corrected chi connectivity index (χ2v) is 3.50. The molecule has 1 N–H and O–H groups in total. The highest BCUT2D eigenvalue weighted by Gasteiger charge is 2.17. The number of halogens is 1. The van der Waals surface area contributed by atoms with Gasteiger partial charge in [0.1, 0.15) is 17.1 Å². The van der Waals surface area contributed by atoms with Crippen LogP contribution < -0.4 is 4.74 Å². The summed E-state index contributed by atoms with van der Waals surface area (Å²) in [6.45, 7) is 2.93. The predicted molar refractivity (Wildman–Crippen MR) is 60.2 cm³/mol. The molecule has 5 nitrogen and oxygen atoms in total. The molecule has 0 radical (unpaired) electrons. The molecular weight excluding hydrogens is 243 g/mol. The molecule has 0 unspecified atom stereocenters. The van der Waals surface area contributed by atoms with E-state index in [-0.39, 0.29) is 17.9 Å². The van der Waals surface area contributed by atoms with Crippen LogP contribution in [0.15, 0.2) is 12.1 Å².